The Hall–Kier alpha value is -0.430. The van der Waals surface area contributed by atoms with Crippen molar-refractivity contribution in [2.75, 3.05) is 23.3 Å². The first-order chi connectivity index (χ1) is 7.07. The second-order valence-electron chi connectivity index (χ2n) is 2.94. The summed E-state index contributed by atoms with van der Waals surface area (Å²) in [5.41, 5.74) is 5.76. The summed E-state index contributed by atoms with van der Waals surface area (Å²) in [5.74, 6) is -0.0583. The van der Waals surface area contributed by atoms with Crippen molar-refractivity contribution in [2.24, 2.45) is 5.73 Å². The van der Waals surface area contributed by atoms with Gasteiger partial charge in [0, 0.05) is 17.1 Å². The number of halogens is 1. The number of sulfonamides is 1. The number of hydrogen-bond acceptors (Lipinski definition) is 4. The van der Waals surface area contributed by atoms with Crippen LogP contribution in [-0.2, 0) is 10.0 Å². The van der Waals surface area contributed by atoms with E-state index in [9.17, 15) is 8.42 Å². The third-order valence-corrected chi connectivity index (χ3v) is 3.81. The quantitative estimate of drug-likeness (QED) is 0.804. The van der Waals surface area contributed by atoms with E-state index in [0.29, 0.717) is 5.69 Å². The number of benzene rings is 1. The Morgan fingerprint density at radius 3 is 2.31 bits per heavy atom. The molecular weight excluding hydrogens is 268 g/mol. The van der Waals surface area contributed by atoms with Gasteiger partial charge in [-0.3, -0.25) is 4.72 Å². The minimum atomic E-state index is -3.29. The molecule has 0 fully saturated rings. The van der Waals surface area contributed by atoms with E-state index in [1.165, 1.54) is 0 Å². The number of nitrogens with two attached hydrogens (primary N) is 1. The zero-order chi connectivity index (χ0) is 11.3. The van der Waals surface area contributed by atoms with E-state index >= 15 is 0 Å². The lowest BCUT2D eigenvalue weighted by molar-refractivity contribution is 0.601. The van der Waals surface area contributed by atoms with Crippen molar-refractivity contribution in [3.63, 3.8) is 0 Å². The van der Waals surface area contributed by atoms with E-state index in [4.69, 9.17) is 5.73 Å². The second-order valence-corrected chi connectivity index (χ2v) is 5.66. The zero-order valence-electron chi connectivity index (χ0n) is 8.84. The fraction of sp³-hybridized carbons (Fsp3) is 0.333. The molecular formula is C9H15ClN2O2S2. The van der Waals surface area contributed by atoms with Crippen LogP contribution in [0.5, 0.6) is 0 Å². The van der Waals surface area contributed by atoms with E-state index in [1.807, 2.05) is 18.4 Å². The topological polar surface area (TPSA) is 72.2 Å². The Morgan fingerprint density at radius 1 is 1.31 bits per heavy atom. The van der Waals surface area contributed by atoms with Gasteiger partial charge in [0.2, 0.25) is 10.0 Å². The van der Waals surface area contributed by atoms with E-state index < -0.39 is 10.0 Å². The Labute approximate surface area is 106 Å². The first-order valence-electron chi connectivity index (χ1n) is 4.42. The summed E-state index contributed by atoms with van der Waals surface area (Å²) in [5, 5.41) is 0. The molecule has 0 aliphatic heterocycles. The number of anilines is 1. The van der Waals surface area contributed by atoms with E-state index in [0.717, 1.165) is 4.90 Å². The Balaban J connectivity index is 0.00000225. The second kappa shape index (κ2) is 7.01. The molecule has 1 rings (SSSR count). The maximum atomic E-state index is 11.4. The van der Waals surface area contributed by atoms with Crippen LogP contribution in [0.4, 0.5) is 5.69 Å². The fourth-order valence-electron chi connectivity index (χ4n) is 1.04. The van der Waals surface area contributed by atoms with Gasteiger partial charge in [-0.05, 0) is 30.5 Å². The summed E-state index contributed by atoms with van der Waals surface area (Å²) in [4.78, 5) is 1.09. The largest absolute Gasteiger partial charge is 0.329 e. The highest BCUT2D eigenvalue weighted by atomic mass is 35.5. The molecule has 92 valence electrons. The number of hydrogen-bond donors (Lipinski definition) is 2. The summed E-state index contributed by atoms with van der Waals surface area (Å²) in [7, 11) is -3.29. The summed E-state index contributed by atoms with van der Waals surface area (Å²) in [6, 6.07) is 7.20. The van der Waals surface area contributed by atoms with Gasteiger partial charge in [0.15, 0.2) is 0 Å². The monoisotopic (exact) mass is 282 g/mol. The molecule has 0 aliphatic carbocycles. The molecule has 0 amide bonds. The molecule has 0 saturated carbocycles. The molecule has 0 unspecified atom stereocenters. The minimum absolute atomic E-state index is 0. The van der Waals surface area contributed by atoms with Crippen molar-refractivity contribution in [2.45, 2.75) is 4.90 Å². The highest BCUT2D eigenvalue weighted by Crippen LogP contribution is 2.18. The van der Waals surface area contributed by atoms with Crippen molar-refractivity contribution in [1.29, 1.82) is 0 Å². The average molecular weight is 283 g/mol. The maximum Gasteiger partial charge on any atom is 0.233 e. The molecule has 0 bridgehead atoms. The Kier molecular flexibility index (Phi) is 6.82. The summed E-state index contributed by atoms with van der Waals surface area (Å²) in [6.07, 6.45) is 1.97. The molecule has 1 aromatic rings. The molecule has 0 saturated heterocycles. The van der Waals surface area contributed by atoms with Gasteiger partial charge >= 0.3 is 0 Å². The molecule has 4 nitrogen and oxygen atoms in total. The van der Waals surface area contributed by atoms with Crippen LogP contribution >= 0.6 is 24.2 Å². The Morgan fingerprint density at radius 2 is 1.88 bits per heavy atom. The molecule has 3 N–H and O–H groups in total. The van der Waals surface area contributed by atoms with Gasteiger partial charge in [-0.25, -0.2) is 8.42 Å². The van der Waals surface area contributed by atoms with Crippen LogP contribution < -0.4 is 10.5 Å². The van der Waals surface area contributed by atoms with Crippen molar-refractivity contribution >= 4 is 39.9 Å². The first kappa shape index (κ1) is 15.6. The van der Waals surface area contributed by atoms with Crippen LogP contribution in [0.3, 0.4) is 0 Å². The van der Waals surface area contributed by atoms with Gasteiger partial charge in [0.1, 0.15) is 0 Å². The molecule has 0 aliphatic rings. The number of thioether (sulfide) groups is 1. The van der Waals surface area contributed by atoms with Crippen LogP contribution in [0.2, 0.25) is 0 Å². The van der Waals surface area contributed by atoms with Gasteiger partial charge in [-0.2, -0.15) is 0 Å². The fourth-order valence-corrected chi connectivity index (χ4v) is 2.36. The standard InChI is InChI=1S/C9H14N2O2S2.ClH/c1-14-9-4-2-8(3-5-9)11-15(12,13)7-6-10;/h2-5,11H,6-7,10H2,1H3;1H. The van der Waals surface area contributed by atoms with Gasteiger partial charge in [-0.15, -0.1) is 24.2 Å². The summed E-state index contributed by atoms with van der Waals surface area (Å²) in [6.45, 7) is 0.123. The van der Waals surface area contributed by atoms with Crippen molar-refractivity contribution in [1.82, 2.24) is 0 Å². The lowest BCUT2D eigenvalue weighted by atomic mass is 10.3. The molecule has 0 heterocycles. The molecule has 7 heteroatoms. The maximum absolute atomic E-state index is 11.4. The van der Waals surface area contributed by atoms with E-state index in [1.54, 1.807) is 23.9 Å². The number of nitrogens with one attached hydrogen (secondary N) is 1. The van der Waals surface area contributed by atoms with E-state index in [2.05, 4.69) is 4.72 Å². The molecule has 0 atom stereocenters. The van der Waals surface area contributed by atoms with Crippen molar-refractivity contribution < 1.29 is 8.42 Å². The van der Waals surface area contributed by atoms with Crippen LogP contribution in [-0.4, -0.2) is 27.0 Å². The highest BCUT2D eigenvalue weighted by molar-refractivity contribution is 7.98. The predicted octanol–water partition coefficient (Wildman–Crippen LogP) is 1.53. The van der Waals surface area contributed by atoms with Gasteiger partial charge in [0.05, 0.1) is 5.75 Å². The summed E-state index contributed by atoms with van der Waals surface area (Å²) < 4.78 is 25.2. The third-order valence-electron chi connectivity index (χ3n) is 1.75. The average Bonchev–Trinajstić information content (AvgIpc) is 2.18. The molecule has 0 spiro atoms. The van der Waals surface area contributed by atoms with Gasteiger partial charge in [-0.1, -0.05) is 0 Å². The van der Waals surface area contributed by atoms with Crippen LogP contribution in [0.15, 0.2) is 29.2 Å². The smallest absolute Gasteiger partial charge is 0.233 e. The minimum Gasteiger partial charge on any atom is -0.329 e. The van der Waals surface area contributed by atoms with Gasteiger partial charge < -0.3 is 5.73 Å². The molecule has 0 radical (unpaired) electrons. The van der Waals surface area contributed by atoms with Crippen molar-refractivity contribution in [3.8, 4) is 0 Å². The molecule has 16 heavy (non-hydrogen) atoms. The van der Waals surface area contributed by atoms with Crippen LogP contribution in [0, 0.1) is 0 Å². The molecule has 0 aromatic heterocycles. The van der Waals surface area contributed by atoms with Gasteiger partial charge in [0.25, 0.3) is 0 Å². The number of rotatable bonds is 5. The van der Waals surface area contributed by atoms with E-state index in [-0.39, 0.29) is 24.7 Å². The van der Waals surface area contributed by atoms with Crippen LogP contribution in [0.1, 0.15) is 0 Å². The van der Waals surface area contributed by atoms with Crippen molar-refractivity contribution in [3.05, 3.63) is 24.3 Å². The van der Waals surface area contributed by atoms with Crippen LogP contribution in [0.25, 0.3) is 0 Å². The predicted molar refractivity (Wildman–Crippen MR) is 71.9 cm³/mol. The summed E-state index contributed by atoms with van der Waals surface area (Å²) >= 11 is 1.61. The highest BCUT2D eigenvalue weighted by Gasteiger charge is 2.08. The molecule has 1 aromatic carbocycles. The first-order valence-corrected chi connectivity index (χ1v) is 7.30. The normalized spacial score (nSPS) is 10.6. The SMILES string of the molecule is CSc1ccc(NS(=O)(=O)CCN)cc1.Cl. The Bertz CT molecular complexity index is 406. The third kappa shape index (κ3) is 5.07. The lowest BCUT2D eigenvalue weighted by Crippen LogP contribution is -2.22. The lowest BCUT2D eigenvalue weighted by Gasteiger charge is -2.06. The zero-order valence-corrected chi connectivity index (χ0v) is 11.3.